The van der Waals surface area contributed by atoms with Crippen LogP contribution in [-0.2, 0) is 42.2 Å². The molecule has 0 fully saturated rings. The van der Waals surface area contributed by atoms with Gasteiger partial charge in [0.1, 0.15) is 12.7 Å². The van der Waals surface area contributed by atoms with Crippen molar-refractivity contribution in [2.75, 3.05) is 26.4 Å². The zero-order chi connectivity index (χ0) is 54.1. The molecule has 0 aliphatic rings. The molecule has 0 aliphatic heterocycles. The Balaban J connectivity index is 4.76. The van der Waals surface area contributed by atoms with Crippen LogP contribution in [0.15, 0.2) is 72.9 Å². The molecule has 0 saturated heterocycles. The summed E-state index contributed by atoms with van der Waals surface area (Å²) in [4.78, 5) is 48.6. The Morgan fingerprint density at radius 3 is 1.07 bits per heavy atom. The average Bonchev–Trinajstić information content (AvgIpc) is 3.39. The van der Waals surface area contributed by atoms with Crippen molar-refractivity contribution < 1.29 is 52.2 Å². The molecule has 0 heterocycles. The van der Waals surface area contributed by atoms with Crippen molar-refractivity contribution in [3.05, 3.63) is 72.9 Å². The number of hydrogen-bond donors (Lipinski definition) is 2. The number of unbranched alkanes of at least 4 members (excludes halogenated alkanes) is 26. The first-order chi connectivity index (χ1) is 36.2. The zero-order valence-corrected chi connectivity index (χ0v) is 48.2. The van der Waals surface area contributed by atoms with E-state index in [-0.39, 0.29) is 25.9 Å². The molecule has 3 atom stereocenters. The van der Waals surface area contributed by atoms with Crippen LogP contribution in [0.3, 0.4) is 0 Å². The van der Waals surface area contributed by atoms with E-state index in [9.17, 15) is 28.9 Å². The topological polar surface area (TPSA) is 155 Å². The number of aliphatic hydroxyl groups excluding tert-OH is 1. The Morgan fingerprint density at radius 2 is 0.676 bits per heavy atom. The average molecular weight is 1060 g/mol. The quantitative estimate of drug-likeness (QED) is 0.0197. The lowest BCUT2D eigenvalue weighted by Crippen LogP contribution is -2.30. The van der Waals surface area contributed by atoms with E-state index in [1.165, 1.54) is 83.5 Å². The number of carbonyl (C=O) groups is 3. The Bertz CT molecular complexity index is 1520. The molecule has 12 heteroatoms. The van der Waals surface area contributed by atoms with Crippen LogP contribution < -0.4 is 0 Å². The third-order valence-electron chi connectivity index (χ3n) is 12.6. The summed E-state index contributed by atoms with van der Waals surface area (Å²) in [6, 6.07) is 0. The van der Waals surface area contributed by atoms with E-state index < -0.39 is 57.8 Å². The summed E-state index contributed by atoms with van der Waals surface area (Å²) in [5.74, 6) is -1.49. The Hall–Kier alpha value is -3.08. The fraction of sp³-hybridized carbons (Fsp3) is 0.758. The highest BCUT2D eigenvalue weighted by atomic mass is 31.2. The molecule has 0 rings (SSSR count). The number of ether oxygens (including phenoxy) is 3. The smallest absolute Gasteiger partial charge is 0.462 e. The SMILES string of the molecule is CCCC/C=C\CCCCCCCC(=O)OC(CO)COP(=O)(O)OCC(COC(=O)CCCCCCCCC/C=C\C/C=C\CCCCC)OC(=O)CCCCCCCC/C=C\C/C=C\C/C=C\CCCCC. The van der Waals surface area contributed by atoms with Gasteiger partial charge in [0.15, 0.2) is 6.10 Å². The van der Waals surface area contributed by atoms with Crippen LogP contribution >= 0.6 is 7.82 Å². The van der Waals surface area contributed by atoms with Gasteiger partial charge in [0, 0.05) is 19.3 Å². The van der Waals surface area contributed by atoms with E-state index in [0.29, 0.717) is 19.3 Å². The lowest BCUT2D eigenvalue weighted by molar-refractivity contribution is -0.161. The van der Waals surface area contributed by atoms with Gasteiger partial charge in [-0.2, -0.15) is 0 Å². The van der Waals surface area contributed by atoms with Crippen LogP contribution in [0.5, 0.6) is 0 Å². The van der Waals surface area contributed by atoms with Crippen LogP contribution in [0.4, 0.5) is 0 Å². The molecule has 74 heavy (non-hydrogen) atoms. The van der Waals surface area contributed by atoms with Gasteiger partial charge in [-0.05, 0) is 109 Å². The number of allylic oxidation sites excluding steroid dienone is 12. The molecular formula is C62H109O11P. The molecule has 0 amide bonds. The Morgan fingerprint density at radius 1 is 0.378 bits per heavy atom. The zero-order valence-electron chi connectivity index (χ0n) is 47.3. The summed E-state index contributed by atoms with van der Waals surface area (Å²) in [7, 11) is -4.76. The van der Waals surface area contributed by atoms with Crippen molar-refractivity contribution in [3.8, 4) is 0 Å². The summed E-state index contributed by atoms with van der Waals surface area (Å²) >= 11 is 0. The minimum atomic E-state index is -4.76. The monoisotopic (exact) mass is 1060 g/mol. The molecular weight excluding hydrogens is 952 g/mol. The second-order valence-corrected chi connectivity index (χ2v) is 21.3. The van der Waals surface area contributed by atoms with Crippen LogP contribution in [0.25, 0.3) is 0 Å². The number of aliphatic hydroxyl groups is 1. The fourth-order valence-electron chi connectivity index (χ4n) is 7.96. The van der Waals surface area contributed by atoms with Crippen molar-refractivity contribution in [2.45, 2.75) is 277 Å². The van der Waals surface area contributed by atoms with Crippen molar-refractivity contribution in [1.29, 1.82) is 0 Å². The minimum absolute atomic E-state index is 0.149. The standard InChI is InChI=1S/C62H109O11P/c1-4-7-10-13-16-19-22-24-26-28-29-31-33-35-38-41-44-47-50-53-62(66)73-59(55-69-60(64)51-48-45-42-39-37-34-32-30-27-25-23-20-17-14-11-8-5-2)57-71-74(67,68)70-56-58(54-63)72-61(65)52-49-46-43-40-36-21-18-15-12-9-6-3/h15-20,24-27,29,31,58-59,63H,4-14,21-23,28,30,32-57H2,1-3H3,(H,67,68)/b18-15-,19-16-,20-17-,26-24-,27-25-,31-29-. The number of esters is 3. The predicted molar refractivity (Wildman–Crippen MR) is 307 cm³/mol. The van der Waals surface area contributed by atoms with E-state index in [1.807, 2.05) is 0 Å². The second kappa shape index (κ2) is 56.1. The van der Waals surface area contributed by atoms with Crippen molar-refractivity contribution in [2.24, 2.45) is 0 Å². The molecule has 0 saturated carbocycles. The molecule has 11 nitrogen and oxygen atoms in total. The summed E-state index contributed by atoms with van der Waals surface area (Å²) in [5, 5.41) is 9.80. The number of rotatable bonds is 55. The van der Waals surface area contributed by atoms with Crippen LogP contribution in [-0.4, -0.2) is 66.5 Å². The summed E-state index contributed by atoms with van der Waals surface area (Å²) in [6.45, 7) is 4.53. The van der Waals surface area contributed by atoms with Gasteiger partial charge in [0.25, 0.3) is 0 Å². The van der Waals surface area contributed by atoms with Crippen molar-refractivity contribution in [3.63, 3.8) is 0 Å². The maximum Gasteiger partial charge on any atom is 0.472 e. The van der Waals surface area contributed by atoms with E-state index in [0.717, 1.165) is 122 Å². The maximum absolute atomic E-state index is 12.9. The lowest BCUT2D eigenvalue weighted by atomic mass is 10.1. The fourth-order valence-corrected chi connectivity index (χ4v) is 8.75. The van der Waals surface area contributed by atoms with Gasteiger partial charge < -0.3 is 24.2 Å². The van der Waals surface area contributed by atoms with Gasteiger partial charge in [-0.1, -0.05) is 209 Å². The molecule has 2 N–H and O–H groups in total. The highest BCUT2D eigenvalue weighted by Gasteiger charge is 2.28. The molecule has 0 spiro atoms. The summed E-state index contributed by atoms with van der Waals surface area (Å²) < 4.78 is 39.5. The van der Waals surface area contributed by atoms with Gasteiger partial charge in [-0.25, -0.2) is 4.57 Å². The summed E-state index contributed by atoms with van der Waals surface area (Å²) in [5.41, 5.74) is 0. The molecule has 0 radical (unpaired) electrons. The molecule has 0 aromatic rings. The Kier molecular flexibility index (Phi) is 53.8. The van der Waals surface area contributed by atoms with E-state index in [4.69, 9.17) is 23.3 Å². The first kappa shape index (κ1) is 70.9. The number of phosphoric ester groups is 1. The van der Waals surface area contributed by atoms with E-state index >= 15 is 0 Å². The first-order valence-corrected chi connectivity index (χ1v) is 31.3. The van der Waals surface area contributed by atoms with Gasteiger partial charge in [0.05, 0.1) is 19.8 Å². The third-order valence-corrected chi connectivity index (χ3v) is 13.5. The van der Waals surface area contributed by atoms with Gasteiger partial charge in [0.2, 0.25) is 0 Å². The molecule has 0 bridgehead atoms. The molecule has 0 aromatic carbocycles. The highest BCUT2D eigenvalue weighted by Crippen LogP contribution is 2.43. The predicted octanol–water partition coefficient (Wildman–Crippen LogP) is 17.7. The van der Waals surface area contributed by atoms with Crippen molar-refractivity contribution in [1.82, 2.24) is 0 Å². The maximum atomic E-state index is 12.9. The molecule has 428 valence electrons. The normalized spacial score (nSPS) is 13.9. The van der Waals surface area contributed by atoms with Crippen LogP contribution in [0.1, 0.15) is 265 Å². The molecule has 0 aromatic heterocycles. The Labute approximate surface area is 452 Å². The van der Waals surface area contributed by atoms with Gasteiger partial charge in [-0.3, -0.25) is 23.4 Å². The largest absolute Gasteiger partial charge is 0.472 e. The van der Waals surface area contributed by atoms with E-state index in [2.05, 4.69) is 93.7 Å². The number of phosphoric acid groups is 1. The lowest BCUT2D eigenvalue weighted by Gasteiger charge is -2.21. The third kappa shape index (κ3) is 53.7. The van der Waals surface area contributed by atoms with Crippen LogP contribution in [0.2, 0.25) is 0 Å². The minimum Gasteiger partial charge on any atom is -0.462 e. The van der Waals surface area contributed by atoms with E-state index in [1.54, 1.807) is 0 Å². The van der Waals surface area contributed by atoms with Crippen LogP contribution in [0, 0.1) is 0 Å². The molecule has 3 unspecified atom stereocenters. The van der Waals surface area contributed by atoms with Gasteiger partial charge >= 0.3 is 25.7 Å². The van der Waals surface area contributed by atoms with Gasteiger partial charge in [-0.15, -0.1) is 0 Å². The van der Waals surface area contributed by atoms with Crippen molar-refractivity contribution >= 4 is 25.7 Å². The number of carbonyl (C=O) groups excluding carboxylic acids is 3. The summed E-state index contributed by atoms with van der Waals surface area (Å²) in [6.07, 6.45) is 62.8. The first-order valence-electron chi connectivity index (χ1n) is 29.8. The second-order valence-electron chi connectivity index (χ2n) is 19.8. The molecule has 0 aliphatic carbocycles. The number of hydrogen-bond acceptors (Lipinski definition) is 10. The highest BCUT2D eigenvalue weighted by molar-refractivity contribution is 7.47.